The average Bonchev–Trinajstić information content (AvgIpc) is 3.39. The van der Waals surface area contributed by atoms with Crippen LogP contribution >= 0.6 is 22.9 Å². The van der Waals surface area contributed by atoms with E-state index in [-0.39, 0.29) is 18.5 Å². The molecule has 1 fully saturated rings. The van der Waals surface area contributed by atoms with E-state index >= 15 is 0 Å². The van der Waals surface area contributed by atoms with Gasteiger partial charge in [0.1, 0.15) is 10.6 Å². The molecule has 4 aromatic rings. The molecule has 0 saturated heterocycles. The lowest BCUT2D eigenvalue weighted by molar-refractivity contribution is -0.192. The SMILES string of the molecule is CNC1CCC(N(Cc2cc(-c3ccc(C(F)(F)F)cc3)ccc2OC)C(=O)c2sc3ccccc3c2Cl)CC1.O=C(O)C(F)(F)F. The number of carbonyl (C=O) groups excluding carboxylic acids is 1. The van der Waals surface area contributed by atoms with Crippen molar-refractivity contribution in [3.63, 3.8) is 0 Å². The van der Waals surface area contributed by atoms with Crippen molar-refractivity contribution in [3.05, 3.63) is 87.8 Å². The summed E-state index contributed by atoms with van der Waals surface area (Å²) in [6.45, 7) is 0.288. The Labute approximate surface area is 275 Å². The number of amides is 1. The lowest BCUT2D eigenvalue weighted by Gasteiger charge is -2.37. The van der Waals surface area contributed by atoms with Crippen molar-refractivity contribution in [1.82, 2.24) is 10.2 Å². The maximum absolute atomic E-state index is 14.2. The summed E-state index contributed by atoms with van der Waals surface area (Å²) >= 11 is 8.13. The zero-order valence-corrected chi connectivity index (χ0v) is 26.8. The molecule has 14 heteroatoms. The fourth-order valence-electron chi connectivity index (χ4n) is 5.44. The van der Waals surface area contributed by atoms with E-state index < -0.39 is 23.9 Å². The highest BCUT2D eigenvalue weighted by atomic mass is 35.5. The first-order chi connectivity index (χ1) is 22.1. The van der Waals surface area contributed by atoms with Crippen molar-refractivity contribution in [2.75, 3.05) is 14.2 Å². The molecule has 252 valence electrons. The Bertz CT molecular complexity index is 1700. The molecule has 5 rings (SSSR count). The Hall–Kier alpha value is -3.81. The van der Waals surface area contributed by atoms with Gasteiger partial charge in [-0.3, -0.25) is 4.79 Å². The normalized spacial score (nSPS) is 16.7. The fraction of sp³-hybridized carbons (Fsp3) is 0.333. The maximum atomic E-state index is 14.2. The van der Waals surface area contributed by atoms with E-state index in [2.05, 4.69) is 5.32 Å². The van der Waals surface area contributed by atoms with Crippen LogP contribution in [0.2, 0.25) is 5.02 Å². The van der Waals surface area contributed by atoms with Crippen LogP contribution in [-0.4, -0.2) is 54.3 Å². The Morgan fingerprint density at radius 2 is 1.55 bits per heavy atom. The molecule has 1 heterocycles. The molecule has 1 amide bonds. The van der Waals surface area contributed by atoms with Crippen molar-refractivity contribution in [2.24, 2.45) is 0 Å². The predicted molar refractivity (Wildman–Crippen MR) is 169 cm³/mol. The van der Waals surface area contributed by atoms with Crippen molar-refractivity contribution < 1.29 is 45.8 Å². The molecule has 1 saturated carbocycles. The number of nitrogens with zero attached hydrogens (tertiary/aromatic N) is 1. The number of aliphatic carboxylic acids is 1. The van der Waals surface area contributed by atoms with Gasteiger partial charge in [-0.1, -0.05) is 48.0 Å². The van der Waals surface area contributed by atoms with Crippen LogP contribution in [0, 0.1) is 0 Å². The number of thiophene rings is 1. The topological polar surface area (TPSA) is 78.9 Å². The number of fused-ring (bicyclic) bond motifs is 1. The summed E-state index contributed by atoms with van der Waals surface area (Å²) in [5.41, 5.74) is 1.48. The van der Waals surface area contributed by atoms with Gasteiger partial charge in [0.2, 0.25) is 0 Å². The molecule has 3 aromatic carbocycles. The quantitative estimate of drug-likeness (QED) is 0.188. The lowest BCUT2D eigenvalue weighted by atomic mass is 9.89. The van der Waals surface area contributed by atoms with Crippen LogP contribution in [0.3, 0.4) is 0 Å². The number of hydrogen-bond donors (Lipinski definition) is 2. The van der Waals surface area contributed by atoms with Crippen LogP contribution in [0.1, 0.15) is 46.5 Å². The van der Waals surface area contributed by atoms with Crippen LogP contribution in [-0.2, 0) is 17.5 Å². The number of carboxylic acids is 1. The highest BCUT2D eigenvalue weighted by Crippen LogP contribution is 2.39. The molecule has 0 atom stereocenters. The summed E-state index contributed by atoms with van der Waals surface area (Å²) in [4.78, 5) is 25.5. The van der Waals surface area contributed by atoms with Gasteiger partial charge in [-0.25, -0.2) is 4.79 Å². The average molecular weight is 701 g/mol. The molecular weight excluding hydrogens is 670 g/mol. The third-order valence-electron chi connectivity index (χ3n) is 7.94. The third kappa shape index (κ3) is 8.76. The second kappa shape index (κ2) is 15.0. The van der Waals surface area contributed by atoms with Crippen molar-refractivity contribution in [1.29, 1.82) is 0 Å². The molecular formula is C33H31ClF6N2O4S. The van der Waals surface area contributed by atoms with Crippen LogP contribution < -0.4 is 10.1 Å². The third-order valence-corrected chi connectivity index (χ3v) is 9.61. The number of rotatable bonds is 7. The molecule has 2 N–H and O–H groups in total. The van der Waals surface area contributed by atoms with Gasteiger partial charge >= 0.3 is 18.3 Å². The van der Waals surface area contributed by atoms with E-state index in [1.54, 1.807) is 13.2 Å². The predicted octanol–water partition coefficient (Wildman–Crippen LogP) is 9.06. The van der Waals surface area contributed by atoms with Crippen molar-refractivity contribution in [3.8, 4) is 16.9 Å². The number of benzene rings is 3. The lowest BCUT2D eigenvalue weighted by Crippen LogP contribution is -2.44. The molecule has 1 aliphatic carbocycles. The summed E-state index contributed by atoms with van der Waals surface area (Å²) in [6.07, 6.45) is -5.88. The van der Waals surface area contributed by atoms with E-state index in [1.807, 2.05) is 48.3 Å². The van der Waals surface area contributed by atoms with Gasteiger partial charge in [0.05, 0.1) is 17.7 Å². The number of carbonyl (C=O) groups is 2. The number of ether oxygens (including phenoxy) is 1. The Kier molecular flexibility index (Phi) is 11.5. The summed E-state index contributed by atoms with van der Waals surface area (Å²) in [5, 5.41) is 11.8. The zero-order valence-electron chi connectivity index (χ0n) is 25.2. The first kappa shape index (κ1) is 36.0. The minimum atomic E-state index is -5.08. The number of halogens is 7. The Morgan fingerprint density at radius 3 is 2.09 bits per heavy atom. The van der Waals surface area contributed by atoms with Crippen LogP contribution in [0.25, 0.3) is 21.2 Å². The largest absolute Gasteiger partial charge is 0.496 e. The monoisotopic (exact) mass is 700 g/mol. The first-order valence-corrected chi connectivity index (χ1v) is 15.6. The van der Waals surface area contributed by atoms with Gasteiger partial charge < -0.3 is 20.1 Å². The molecule has 47 heavy (non-hydrogen) atoms. The van der Waals surface area contributed by atoms with E-state index in [4.69, 9.17) is 26.2 Å². The van der Waals surface area contributed by atoms with Gasteiger partial charge in [0, 0.05) is 34.3 Å². The van der Waals surface area contributed by atoms with Gasteiger partial charge in [-0.05, 0) is 74.2 Å². The summed E-state index contributed by atoms with van der Waals surface area (Å²) in [5.74, 6) is -2.27. The molecule has 1 aromatic heterocycles. The van der Waals surface area contributed by atoms with Crippen molar-refractivity contribution >= 4 is 44.9 Å². The second-order valence-corrected chi connectivity index (χ2v) is 12.3. The molecule has 0 unspecified atom stereocenters. The van der Waals surface area contributed by atoms with Gasteiger partial charge in [0.25, 0.3) is 5.91 Å². The van der Waals surface area contributed by atoms with Gasteiger partial charge in [0.15, 0.2) is 0 Å². The molecule has 1 aliphatic rings. The van der Waals surface area contributed by atoms with E-state index in [0.29, 0.717) is 27.3 Å². The molecule has 0 bridgehead atoms. The smallest absolute Gasteiger partial charge is 0.490 e. The van der Waals surface area contributed by atoms with Crippen LogP contribution in [0.5, 0.6) is 5.75 Å². The van der Waals surface area contributed by atoms with Gasteiger partial charge in [-0.2, -0.15) is 26.3 Å². The Morgan fingerprint density at radius 1 is 0.957 bits per heavy atom. The highest BCUT2D eigenvalue weighted by molar-refractivity contribution is 7.21. The van der Waals surface area contributed by atoms with Crippen molar-refractivity contribution in [2.45, 2.75) is 56.7 Å². The minimum absolute atomic E-state index is 0.0119. The summed E-state index contributed by atoms with van der Waals surface area (Å²) < 4.78 is 77.6. The van der Waals surface area contributed by atoms with E-state index in [1.165, 1.54) is 23.5 Å². The minimum Gasteiger partial charge on any atom is -0.496 e. The van der Waals surface area contributed by atoms with Crippen LogP contribution in [0.4, 0.5) is 26.3 Å². The highest BCUT2D eigenvalue weighted by Gasteiger charge is 2.38. The number of carboxylic acid groups (broad SMARTS) is 1. The van der Waals surface area contributed by atoms with Gasteiger partial charge in [-0.15, -0.1) is 11.3 Å². The molecule has 0 spiro atoms. The number of hydrogen-bond acceptors (Lipinski definition) is 5. The fourth-order valence-corrected chi connectivity index (χ4v) is 6.91. The standard InChI is InChI=1S/C31H30ClF3N2O2S.C2HF3O2/c1-36-23-12-14-24(15-13-23)37(30(38)29-28(32)25-5-3-4-6-27(25)40-29)18-21-17-20(9-16-26(21)39-2)19-7-10-22(11-8-19)31(33,34)35;3-2(4,5)1(6)7/h3-11,16-17,23-24,36H,12-15,18H2,1-2H3;(H,6,7). The van der Waals surface area contributed by atoms with E-state index in [0.717, 1.165) is 59.0 Å². The number of alkyl halides is 6. The Balaban J connectivity index is 0.000000644. The van der Waals surface area contributed by atoms with E-state index in [9.17, 15) is 31.1 Å². The summed E-state index contributed by atoms with van der Waals surface area (Å²) in [7, 11) is 3.53. The number of methoxy groups -OCH3 is 1. The second-order valence-electron chi connectivity index (χ2n) is 10.9. The summed E-state index contributed by atoms with van der Waals surface area (Å²) in [6, 6.07) is 18.8. The first-order valence-electron chi connectivity index (χ1n) is 14.4. The maximum Gasteiger partial charge on any atom is 0.490 e. The number of nitrogens with one attached hydrogen (secondary N) is 1. The zero-order chi connectivity index (χ0) is 34.5. The van der Waals surface area contributed by atoms with Crippen LogP contribution in [0.15, 0.2) is 66.7 Å². The molecule has 0 aliphatic heterocycles. The molecule has 0 radical (unpaired) electrons. The molecule has 6 nitrogen and oxygen atoms in total.